The molecule has 1 saturated heterocycles. The van der Waals surface area contributed by atoms with Crippen molar-refractivity contribution in [2.75, 3.05) is 13.1 Å². The van der Waals surface area contributed by atoms with Gasteiger partial charge in [0.25, 0.3) is 0 Å². The number of halogens is 2. The van der Waals surface area contributed by atoms with Crippen LogP contribution in [0.2, 0.25) is 0 Å². The largest absolute Gasteiger partial charge is 0.243 e. The van der Waals surface area contributed by atoms with Crippen LogP contribution in [0, 0.1) is 11.7 Å². The molecule has 0 saturated carbocycles. The van der Waals surface area contributed by atoms with Gasteiger partial charge in [-0.3, -0.25) is 0 Å². The highest BCUT2D eigenvalue weighted by atomic mass is 79.9. The first-order valence-electron chi connectivity index (χ1n) is 6.31. The molecule has 0 N–H and O–H groups in total. The third-order valence-corrected chi connectivity index (χ3v) is 6.26. The summed E-state index contributed by atoms with van der Waals surface area (Å²) in [6.45, 7) is 3.15. The van der Waals surface area contributed by atoms with Gasteiger partial charge in [0.15, 0.2) is 0 Å². The van der Waals surface area contributed by atoms with Crippen molar-refractivity contribution < 1.29 is 12.8 Å². The summed E-state index contributed by atoms with van der Waals surface area (Å²) in [6, 6.07) is 5.01. The van der Waals surface area contributed by atoms with E-state index in [0.29, 0.717) is 23.8 Å². The highest BCUT2D eigenvalue weighted by molar-refractivity contribution is 9.09. The molecule has 0 radical (unpaired) electrons. The molecular formula is C13H17BrFNO2S. The summed E-state index contributed by atoms with van der Waals surface area (Å²) in [7, 11) is -3.48. The number of benzene rings is 1. The molecule has 0 bridgehead atoms. The first-order valence-corrected chi connectivity index (χ1v) is 8.66. The van der Waals surface area contributed by atoms with E-state index in [1.807, 2.05) is 0 Å². The predicted molar refractivity (Wildman–Crippen MR) is 76.3 cm³/mol. The second-order valence-corrected chi connectivity index (χ2v) is 8.26. The minimum Gasteiger partial charge on any atom is -0.207 e. The molecule has 1 aromatic carbocycles. The van der Waals surface area contributed by atoms with Crippen LogP contribution in [0.5, 0.6) is 0 Å². The molecule has 6 heteroatoms. The Labute approximate surface area is 122 Å². The summed E-state index contributed by atoms with van der Waals surface area (Å²) in [5, 5.41) is 0. The number of alkyl halides is 1. The van der Waals surface area contributed by atoms with Gasteiger partial charge >= 0.3 is 0 Å². The molecular weight excluding hydrogens is 333 g/mol. The summed E-state index contributed by atoms with van der Waals surface area (Å²) in [5.41, 5.74) is 0. The van der Waals surface area contributed by atoms with E-state index in [0.717, 1.165) is 12.8 Å². The van der Waals surface area contributed by atoms with Crippen molar-refractivity contribution in [1.82, 2.24) is 4.31 Å². The molecule has 19 heavy (non-hydrogen) atoms. The van der Waals surface area contributed by atoms with E-state index in [-0.39, 0.29) is 4.90 Å². The first-order chi connectivity index (χ1) is 8.91. The van der Waals surface area contributed by atoms with Crippen molar-refractivity contribution in [1.29, 1.82) is 0 Å². The quantitative estimate of drug-likeness (QED) is 0.786. The van der Waals surface area contributed by atoms with Crippen LogP contribution < -0.4 is 0 Å². The van der Waals surface area contributed by atoms with E-state index in [1.165, 1.54) is 28.6 Å². The fraction of sp³-hybridized carbons (Fsp3) is 0.538. The van der Waals surface area contributed by atoms with Crippen molar-refractivity contribution in [3.63, 3.8) is 0 Å². The van der Waals surface area contributed by atoms with Gasteiger partial charge in [-0.15, -0.1) is 0 Å². The molecule has 1 aromatic rings. The van der Waals surface area contributed by atoms with Crippen LogP contribution in [-0.2, 0) is 10.0 Å². The van der Waals surface area contributed by atoms with E-state index in [9.17, 15) is 12.8 Å². The SMILES string of the molecule is CC(Br)C1CCN(S(=O)(=O)c2ccc(F)cc2)CC1. The van der Waals surface area contributed by atoms with Gasteiger partial charge < -0.3 is 0 Å². The molecule has 0 aromatic heterocycles. The van der Waals surface area contributed by atoms with Gasteiger partial charge in [-0.25, -0.2) is 12.8 Å². The average Bonchev–Trinajstić information content (AvgIpc) is 2.39. The smallest absolute Gasteiger partial charge is 0.207 e. The molecule has 1 aliphatic heterocycles. The predicted octanol–water partition coefficient (Wildman–Crippen LogP) is 3.01. The highest BCUT2D eigenvalue weighted by Crippen LogP contribution is 2.28. The van der Waals surface area contributed by atoms with Crippen LogP contribution in [0.3, 0.4) is 0 Å². The molecule has 1 fully saturated rings. The van der Waals surface area contributed by atoms with Crippen LogP contribution in [-0.4, -0.2) is 30.6 Å². The standard InChI is InChI=1S/C13H17BrFNO2S/c1-10(14)11-6-8-16(9-7-11)19(17,18)13-4-2-12(15)3-5-13/h2-5,10-11H,6-9H2,1H3. The van der Waals surface area contributed by atoms with Crippen molar-refractivity contribution in [2.45, 2.75) is 29.5 Å². The van der Waals surface area contributed by atoms with Crippen LogP contribution in [0.25, 0.3) is 0 Å². The summed E-state index contributed by atoms with van der Waals surface area (Å²) in [5.74, 6) is 0.0884. The topological polar surface area (TPSA) is 37.4 Å². The maximum Gasteiger partial charge on any atom is 0.243 e. The summed E-state index contributed by atoms with van der Waals surface area (Å²) in [6.07, 6.45) is 1.71. The summed E-state index contributed by atoms with van der Waals surface area (Å²) < 4.78 is 39.1. The zero-order valence-electron chi connectivity index (χ0n) is 10.7. The first kappa shape index (κ1) is 14.9. The van der Waals surface area contributed by atoms with E-state index in [2.05, 4.69) is 22.9 Å². The lowest BCUT2D eigenvalue weighted by Crippen LogP contribution is -2.39. The third kappa shape index (κ3) is 3.35. The number of nitrogens with zero attached hydrogens (tertiary/aromatic N) is 1. The lowest BCUT2D eigenvalue weighted by Gasteiger charge is -2.32. The third-order valence-electron chi connectivity index (χ3n) is 3.60. The molecule has 1 heterocycles. The van der Waals surface area contributed by atoms with Gasteiger partial charge in [0.1, 0.15) is 5.82 Å². The fourth-order valence-electron chi connectivity index (χ4n) is 2.33. The summed E-state index contributed by atoms with van der Waals surface area (Å²) in [4.78, 5) is 0.572. The van der Waals surface area contributed by atoms with E-state index in [4.69, 9.17) is 0 Å². The monoisotopic (exact) mass is 349 g/mol. The molecule has 1 unspecified atom stereocenters. The Morgan fingerprint density at radius 3 is 2.26 bits per heavy atom. The molecule has 2 rings (SSSR count). The van der Waals surface area contributed by atoms with Gasteiger partial charge in [-0.1, -0.05) is 22.9 Å². The Morgan fingerprint density at radius 1 is 1.26 bits per heavy atom. The van der Waals surface area contributed by atoms with Crippen molar-refractivity contribution >= 4 is 26.0 Å². The lowest BCUT2D eigenvalue weighted by molar-refractivity contribution is 0.275. The van der Waals surface area contributed by atoms with Crippen molar-refractivity contribution in [2.24, 2.45) is 5.92 Å². The number of piperidine rings is 1. The highest BCUT2D eigenvalue weighted by Gasteiger charge is 2.30. The number of rotatable bonds is 3. The van der Waals surface area contributed by atoms with Crippen LogP contribution in [0.15, 0.2) is 29.2 Å². The second kappa shape index (κ2) is 5.89. The van der Waals surface area contributed by atoms with Crippen molar-refractivity contribution in [3.8, 4) is 0 Å². The zero-order valence-corrected chi connectivity index (χ0v) is 13.1. The van der Waals surface area contributed by atoms with Gasteiger partial charge in [0, 0.05) is 17.9 Å². The molecule has 0 aliphatic carbocycles. The van der Waals surface area contributed by atoms with Crippen LogP contribution in [0.1, 0.15) is 19.8 Å². The Kier molecular flexibility index (Phi) is 4.63. The zero-order chi connectivity index (χ0) is 14.0. The normalized spacial score (nSPS) is 20.4. The second-order valence-electron chi connectivity index (χ2n) is 4.87. The van der Waals surface area contributed by atoms with Gasteiger partial charge in [0.05, 0.1) is 4.90 Å². The van der Waals surface area contributed by atoms with Crippen LogP contribution >= 0.6 is 15.9 Å². The van der Waals surface area contributed by atoms with Crippen molar-refractivity contribution in [3.05, 3.63) is 30.1 Å². The molecule has 1 aliphatic rings. The van der Waals surface area contributed by atoms with E-state index < -0.39 is 15.8 Å². The van der Waals surface area contributed by atoms with E-state index >= 15 is 0 Å². The number of hydrogen-bond donors (Lipinski definition) is 0. The van der Waals surface area contributed by atoms with Gasteiger partial charge in [-0.2, -0.15) is 4.31 Å². The Hall–Kier alpha value is -0.460. The average molecular weight is 350 g/mol. The summed E-state index contributed by atoms with van der Waals surface area (Å²) >= 11 is 3.55. The Morgan fingerprint density at radius 2 is 1.79 bits per heavy atom. The number of hydrogen-bond acceptors (Lipinski definition) is 2. The number of sulfonamides is 1. The molecule has 0 spiro atoms. The van der Waals surface area contributed by atoms with Crippen LogP contribution in [0.4, 0.5) is 4.39 Å². The molecule has 1 atom stereocenters. The maximum atomic E-state index is 12.8. The lowest BCUT2D eigenvalue weighted by atomic mass is 9.96. The molecule has 3 nitrogen and oxygen atoms in total. The van der Waals surface area contributed by atoms with Gasteiger partial charge in [-0.05, 0) is 43.0 Å². The molecule has 106 valence electrons. The van der Waals surface area contributed by atoms with E-state index in [1.54, 1.807) is 0 Å². The maximum absolute atomic E-state index is 12.8. The Bertz CT molecular complexity index is 522. The van der Waals surface area contributed by atoms with Gasteiger partial charge in [0.2, 0.25) is 10.0 Å². The Balaban J connectivity index is 2.12. The minimum absolute atomic E-state index is 0.166. The minimum atomic E-state index is -3.48. The fourth-order valence-corrected chi connectivity index (χ4v) is 4.33. The molecule has 0 amide bonds.